The fraction of sp³-hybridized carbons (Fsp3) is 0.600. The van der Waals surface area contributed by atoms with Crippen molar-refractivity contribution in [1.29, 1.82) is 0 Å². The lowest BCUT2D eigenvalue weighted by Crippen LogP contribution is -2.16. The van der Waals surface area contributed by atoms with Crippen LogP contribution in [0.3, 0.4) is 0 Å². The van der Waals surface area contributed by atoms with Crippen molar-refractivity contribution in [1.82, 2.24) is 10.2 Å². The number of aryl methyl sites for hydroxylation is 2. The molecule has 0 unspecified atom stereocenters. The fourth-order valence-corrected chi connectivity index (χ4v) is 2.13. The Bertz CT molecular complexity index is 352. The molecule has 0 amide bonds. The standard InChI is InChI=1S/C15H26N2O/c1-12-9-14(11-16-3)10-13(2)15(12)18-8-6-7-17(4)5/h9-10,16H,6-8,11H2,1-5H3. The molecule has 18 heavy (non-hydrogen) atoms. The number of rotatable bonds is 7. The van der Waals surface area contributed by atoms with Gasteiger partial charge in [-0.2, -0.15) is 0 Å². The summed E-state index contributed by atoms with van der Waals surface area (Å²) in [5.41, 5.74) is 3.77. The van der Waals surface area contributed by atoms with E-state index in [1.54, 1.807) is 0 Å². The largest absolute Gasteiger partial charge is 0.493 e. The van der Waals surface area contributed by atoms with Crippen molar-refractivity contribution in [3.63, 3.8) is 0 Å². The Hall–Kier alpha value is -1.06. The Morgan fingerprint density at radius 2 is 1.78 bits per heavy atom. The van der Waals surface area contributed by atoms with Crippen LogP contribution in [0.1, 0.15) is 23.1 Å². The molecule has 3 nitrogen and oxygen atoms in total. The molecule has 0 bridgehead atoms. The van der Waals surface area contributed by atoms with E-state index in [1.165, 1.54) is 16.7 Å². The van der Waals surface area contributed by atoms with Gasteiger partial charge in [0.05, 0.1) is 6.61 Å². The number of nitrogens with zero attached hydrogens (tertiary/aromatic N) is 1. The molecular formula is C15H26N2O. The first kappa shape index (κ1) is 15.0. The molecule has 0 fully saturated rings. The van der Waals surface area contributed by atoms with E-state index >= 15 is 0 Å². The molecule has 0 saturated carbocycles. The lowest BCUT2D eigenvalue weighted by atomic mass is 10.1. The van der Waals surface area contributed by atoms with Gasteiger partial charge in [-0.1, -0.05) is 12.1 Å². The Balaban J connectivity index is 2.60. The van der Waals surface area contributed by atoms with Gasteiger partial charge in [-0.15, -0.1) is 0 Å². The molecule has 0 heterocycles. The lowest BCUT2D eigenvalue weighted by molar-refractivity contribution is 0.278. The Morgan fingerprint density at radius 3 is 2.28 bits per heavy atom. The maximum atomic E-state index is 5.90. The zero-order chi connectivity index (χ0) is 13.5. The van der Waals surface area contributed by atoms with Gasteiger partial charge in [0.15, 0.2) is 0 Å². The van der Waals surface area contributed by atoms with Gasteiger partial charge in [-0.3, -0.25) is 0 Å². The summed E-state index contributed by atoms with van der Waals surface area (Å²) in [5, 5.41) is 3.18. The summed E-state index contributed by atoms with van der Waals surface area (Å²) in [5.74, 6) is 1.05. The number of hydrogen-bond donors (Lipinski definition) is 1. The number of benzene rings is 1. The van der Waals surface area contributed by atoms with Crippen LogP contribution in [0.25, 0.3) is 0 Å². The molecule has 3 heteroatoms. The van der Waals surface area contributed by atoms with Crippen LogP contribution in [0.15, 0.2) is 12.1 Å². The van der Waals surface area contributed by atoms with E-state index in [0.717, 1.165) is 31.9 Å². The quantitative estimate of drug-likeness (QED) is 0.752. The molecule has 0 spiro atoms. The van der Waals surface area contributed by atoms with Crippen molar-refractivity contribution in [3.8, 4) is 5.75 Å². The molecule has 1 rings (SSSR count). The molecule has 102 valence electrons. The van der Waals surface area contributed by atoms with Gasteiger partial charge in [0, 0.05) is 13.1 Å². The molecule has 1 aromatic carbocycles. The SMILES string of the molecule is CNCc1cc(C)c(OCCCN(C)C)c(C)c1. The molecule has 0 atom stereocenters. The summed E-state index contributed by atoms with van der Waals surface area (Å²) in [6.45, 7) is 6.99. The van der Waals surface area contributed by atoms with Crippen molar-refractivity contribution < 1.29 is 4.74 Å². The van der Waals surface area contributed by atoms with Gasteiger partial charge in [-0.05, 0) is 58.1 Å². The summed E-state index contributed by atoms with van der Waals surface area (Å²) in [6, 6.07) is 4.40. The maximum Gasteiger partial charge on any atom is 0.125 e. The highest BCUT2D eigenvalue weighted by molar-refractivity contribution is 5.43. The highest BCUT2D eigenvalue weighted by Crippen LogP contribution is 2.24. The third-order valence-electron chi connectivity index (χ3n) is 2.90. The Morgan fingerprint density at radius 1 is 1.17 bits per heavy atom. The van der Waals surface area contributed by atoms with Gasteiger partial charge in [0.1, 0.15) is 5.75 Å². The average Bonchev–Trinajstić information content (AvgIpc) is 2.27. The molecule has 0 aromatic heterocycles. The Kier molecular flexibility index (Phi) is 6.16. The van der Waals surface area contributed by atoms with E-state index in [4.69, 9.17) is 4.74 Å². The molecule has 1 aromatic rings. The van der Waals surface area contributed by atoms with Gasteiger partial charge in [0.2, 0.25) is 0 Å². The zero-order valence-corrected chi connectivity index (χ0v) is 12.3. The van der Waals surface area contributed by atoms with Crippen molar-refractivity contribution in [2.75, 3.05) is 34.3 Å². The second kappa shape index (κ2) is 7.39. The second-order valence-corrected chi connectivity index (χ2v) is 5.09. The topological polar surface area (TPSA) is 24.5 Å². The molecule has 0 aliphatic rings. The molecule has 0 aliphatic heterocycles. The monoisotopic (exact) mass is 250 g/mol. The maximum absolute atomic E-state index is 5.90. The van der Waals surface area contributed by atoms with Crippen LogP contribution in [0.4, 0.5) is 0 Å². The van der Waals surface area contributed by atoms with Crippen LogP contribution in [0.5, 0.6) is 5.75 Å². The molecule has 0 saturated heterocycles. The smallest absolute Gasteiger partial charge is 0.125 e. The highest BCUT2D eigenvalue weighted by atomic mass is 16.5. The molecule has 0 aliphatic carbocycles. The molecule has 1 N–H and O–H groups in total. The normalized spacial score (nSPS) is 11.0. The van der Waals surface area contributed by atoms with Gasteiger partial charge >= 0.3 is 0 Å². The highest BCUT2D eigenvalue weighted by Gasteiger charge is 2.06. The number of nitrogens with one attached hydrogen (secondary N) is 1. The summed E-state index contributed by atoms with van der Waals surface area (Å²) in [4.78, 5) is 2.18. The van der Waals surface area contributed by atoms with Gasteiger partial charge in [-0.25, -0.2) is 0 Å². The minimum Gasteiger partial charge on any atom is -0.493 e. The van der Waals surface area contributed by atoms with Crippen LogP contribution in [-0.4, -0.2) is 39.2 Å². The molecule has 0 radical (unpaired) electrons. The lowest BCUT2D eigenvalue weighted by Gasteiger charge is -2.15. The zero-order valence-electron chi connectivity index (χ0n) is 12.3. The van der Waals surface area contributed by atoms with Crippen LogP contribution >= 0.6 is 0 Å². The minimum absolute atomic E-state index is 0.783. The minimum atomic E-state index is 0.783. The first-order chi connectivity index (χ1) is 8.54. The Labute approximate surface area is 111 Å². The first-order valence-electron chi connectivity index (χ1n) is 6.57. The second-order valence-electron chi connectivity index (χ2n) is 5.09. The summed E-state index contributed by atoms with van der Waals surface area (Å²) < 4.78 is 5.90. The van der Waals surface area contributed by atoms with E-state index in [9.17, 15) is 0 Å². The van der Waals surface area contributed by atoms with E-state index in [0.29, 0.717) is 0 Å². The van der Waals surface area contributed by atoms with Crippen molar-refractivity contribution in [2.24, 2.45) is 0 Å². The summed E-state index contributed by atoms with van der Waals surface area (Å²) in [6.07, 6.45) is 1.06. The van der Waals surface area contributed by atoms with Crippen LogP contribution < -0.4 is 10.1 Å². The fourth-order valence-electron chi connectivity index (χ4n) is 2.13. The van der Waals surface area contributed by atoms with E-state index in [-0.39, 0.29) is 0 Å². The van der Waals surface area contributed by atoms with Crippen LogP contribution in [0.2, 0.25) is 0 Å². The van der Waals surface area contributed by atoms with Gasteiger partial charge < -0.3 is 15.0 Å². The number of hydrogen-bond acceptors (Lipinski definition) is 3. The van der Waals surface area contributed by atoms with Crippen molar-refractivity contribution >= 4 is 0 Å². The van der Waals surface area contributed by atoms with E-state index in [2.05, 4.69) is 50.3 Å². The van der Waals surface area contributed by atoms with Crippen molar-refractivity contribution in [2.45, 2.75) is 26.8 Å². The predicted octanol–water partition coefficient (Wildman–Crippen LogP) is 2.35. The summed E-state index contributed by atoms with van der Waals surface area (Å²) >= 11 is 0. The summed E-state index contributed by atoms with van der Waals surface area (Å²) in [7, 11) is 6.14. The average molecular weight is 250 g/mol. The predicted molar refractivity (Wildman–Crippen MR) is 77.3 cm³/mol. The molecular weight excluding hydrogens is 224 g/mol. The van der Waals surface area contributed by atoms with E-state index < -0.39 is 0 Å². The van der Waals surface area contributed by atoms with Crippen molar-refractivity contribution in [3.05, 3.63) is 28.8 Å². The number of ether oxygens (including phenoxy) is 1. The van der Waals surface area contributed by atoms with Crippen LogP contribution in [-0.2, 0) is 6.54 Å². The third-order valence-corrected chi connectivity index (χ3v) is 2.90. The van der Waals surface area contributed by atoms with Crippen LogP contribution in [0, 0.1) is 13.8 Å². The van der Waals surface area contributed by atoms with E-state index in [1.807, 2.05) is 7.05 Å². The third kappa shape index (κ3) is 4.67. The van der Waals surface area contributed by atoms with Gasteiger partial charge in [0.25, 0.3) is 0 Å². The first-order valence-corrected chi connectivity index (χ1v) is 6.57.